The summed E-state index contributed by atoms with van der Waals surface area (Å²) in [6.45, 7) is 4.04. The number of hydrogen-bond donors (Lipinski definition) is 1. The summed E-state index contributed by atoms with van der Waals surface area (Å²) in [4.78, 5) is 25.8. The molecule has 2 aromatic rings. The van der Waals surface area contributed by atoms with Gasteiger partial charge in [-0.2, -0.15) is 0 Å². The second kappa shape index (κ2) is 6.74. The predicted molar refractivity (Wildman–Crippen MR) is 81.7 cm³/mol. The molecule has 0 fully saturated rings. The molecular formula is C15H17ClN2O3. The van der Waals surface area contributed by atoms with Crippen molar-refractivity contribution in [1.82, 2.24) is 9.55 Å². The molecule has 6 heteroatoms. The van der Waals surface area contributed by atoms with E-state index in [1.807, 2.05) is 44.2 Å². The number of benzene rings is 1. The van der Waals surface area contributed by atoms with Crippen LogP contribution >= 0.6 is 11.6 Å². The zero-order chi connectivity index (χ0) is 15.4. The van der Waals surface area contributed by atoms with Crippen molar-refractivity contribution in [3.63, 3.8) is 0 Å². The smallest absolute Gasteiger partial charge is 0.331 e. The molecule has 0 aliphatic heterocycles. The molecule has 0 amide bonds. The van der Waals surface area contributed by atoms with E-state index in [9.17, 15) is 9.59 Å². The van der Waals surface area contributed by atoms with Crippen molar-refractivity contribution >= 4 is 11.6 Å². The lowest BCUT2D eigenvalue weighted by atomic mass is 10.1. The summed E-state index contributed by atoms with van der Waals surface area (Å²) in [5, 5.41) is 0.131. The van der Waals surface area contributed by atoms with E-state index >= 15 is 0 Å². The molecule has 1 N–H and O–H groups in total. The average Bonchev–Trinajstić information content (AvgIpc) is 2.42. The first-order valence-corrected chi connectivity index (χ1v) is 7.02. The highest BCUT2D eigenvalue weighted by Crippen LogP contribution is 2.18. The SMILES string of the molecule is CC(C)c1c(Cl)n(COCc2ccccc2)c(=O)[nH]c1=O. The summed E-state index contributed by atoms with van der Waals surface area (Å²) < 4.78 is 6.72. The minimum atomic E-state index is -0.567. The van der Waals surface area contributed by atoms with Gasteiger partial charge >= 0.3 is 5.69 Å². The van der Waals surface area contributed by atoms with Crippen molar-refractivity contribution in [3.05, 3.63) is 67.4 Å². The minimum Gasteiger partial charge on any atom is -0.356 e. The zero-order valence-electron chi connectivity index (χ0n) is 11.9. The third-order valence-electron chi connectivity index (χ3n) is 3.08. The van der Waals surface area contributed by atoms with Crippen LogP contribution in [0.15, 0.2) is 39.9 Å². The van der Waals surface area contributed by atoms with E-state index in [4.69, 9.17) is 16.3 Å². The molecular weight excluding hydrogens is 292 g/mol. The minimum absolute atomic E-state index is 0.0109. The number of ether oxygens (including phenoxy) is 1. The summed E-state index contributed by atoms with van der Waals surface area (Å²) in [7, 11) is 0. The van der Waals surface area contributed by atoms with Crippen LogP contribution in [0.2, 0.25) is 5.15 Å². The van der Waals surface area contributed by atoms with Gasteiger partial charge in [-0.15, -0.1) is 0 Å². The van der Waals surface area contributed by atoms with Gasteiger partial charge in [0.05, 0.1) is 12.2 Å². The highest BCUT2D eigenvalue weighted by molar-refractivity contribution is 6.30. The Balaban J connectivity index is 2.19. The molecule has 0 bridgehead atoms. The van der Waals surface area contributed by atoms with Gasteiger partial charge in [-0.25, -0.2) is 4.79 Å². The molecule has 0 aliphatic carbocycles. The highest BCUT2D eigenvalue weighted by atomic mass is 35.5. The second-order valence-corrected chi connectivity index (χ2v) is 5.37. The summed E-state index contributed by atoms with van der Waals surface area (Å²) in [5.41, 5.74) is 0.372. The molecule has 21 heavy (non-hydrogen) atoms. The van der Waals surface area contributed by atoms with Crippen molar-refractivity contribution in [2.45, 2.75) is 33.1 Å². The van der Waals surface area contributed by atoms with Crippen LogP contribution in [0.5, 0.6) is 0 Å². The molecule has 0 aliphatic rings. The van der Waals surface area contributed by atoms with Crippen LogP contribution in [0.1, 0.15) is 30.9 Å². The lowest BCUT2D eigenvalue weighted by Crippen LogP contribution is -2.34. The third kappa shape index (κ3) is 3.62. The molecule has 0 unspecified atom stereocenters. The van der Waals surface area contributed by atoms with E-state index in [0.29, 0.717) is 12.2 Å². The first-order chi connectivity index (χ1) is 10.0. The normalized spacial score (nSPS) is 11.0. The Morgan fingerprint density at radius 1 is 1.24 bits per heavy atom. The lowest BCUT2D eigenvalue weighted by molar-refractivity contribution is 0.0607. The third-order valence-corrected chi connectivity index (χ3v) is 3.49. The molecule has 0 radical (unpaired) electrons. The Morgan fingerprint density at radius 2 is 1.90 bits per heavy atom. The number of rotatable bonds is 5. The van der Waals surface area contributed by atoms with E-state index in [1.165, 1.54) is 4.57 Å². The maximum absolute atomic E-state index is 11.8. The van der Waals surface area contributed by atoms with E-state index < -0.39 is 11.2 Å². The molecule has 5 nitrogen and oxygen atoms in total. The number of nitrogens with zero attached hydrogens (tertiary/aromatic N) is 1. The Labute approximate surface area is 127 Å². The maximum Gasteiger partial charge on any atom is 0.331 e. The van der Waals surface area contributed by atoms with Crippen molar-refractivity contribution in [2.24, 2.45) is 0 Å². The van der Waals surface area contributed by atoms with Crippen LogP contribution in [0, 0.1) is 0 Å². The molecule has 1 aromatic heterocycles. The number of H-pyrrole nitrogens is 1. The molecule has 0 saturated carbocycles. The maximum atomic E-state index is 11.8. The Kier molecular flexibility index (Phi) is 4.98. The number of nitrogens with one attached hydrogen (secondary N) is 1. The average molecular weight is 309 g/mol. The van der Waals surface area contributed by atoms with Gasteiger partial charge in [0.25, 0.3) is 5.56 Å². The van der Waals surface area contributed by atoms with Gasteiger partial charge in [-0.05, 0) is 11.5 Å². The molecule has 2 rings (SSSR count). The van der Waals surface area contributed by atoms with Gasteiger partial charge in [0.1, 0.15) is 11.9 Å². The van der Waals surface area contributed by atoms with Crippen LogP contribution in [-0.4, -0.2) is 9.55 Å². The molecule has 0 spiro atoms. The number of hydrogen-bond acceptors (Lipinski definition) is 3. The van der Waals surface area contributed by atoms with E-state index in [1.54, 1.807) is 0 Å². The van der Waals surface area contributed by atoms with Gasteiger partial charge in [0.15, 0.2) is 0 Å². The fraction of sp³-hybridized carbons (Fsp3) is 0.333. The molecule has 0 atom stereocenters. The number of aromatic amines is 1. The van der Waals surface area contributed by atoms with E-state index in [2.05, 4.69) is 4.98 Å². The van der Waals surface area contributed by atoms with Crippen molar-refractivity contribution in [1.29, 1.82) is 0 Å². The van der Waals surface area contributed by atoms with Gasteiger partial charge in [0.2, 0.25) is 0 Å². The fourth-order valence-corrected chi connectivity index (χ4v) is 2.43. The Bertz CT molecular complexity index is 720. The Hall–Kier alpha value is -1.85. The van der Waals surface area contributed by atoms with Gasteiger partial charge in [-0.1, -0.05) is 55.8 Å². The van der Waals surface area contributed by atoms with Crippen LogP contribution in [0.3, 0.4) is 0 Å². The summed E-state index contributed by atoms with van der Waals surface area (Å²) >= 11 is 6.16. The number of halogens is 1. The van der Waals surface area contributed by atoms with Crippen LogP contribution in [-0.2, 0) is 18.1 Å². The van der Waals surface area contributed by atoms with Gasteiger partial charge in [0, 0.05) is 0 Å². The first kappa shape index (κ1) is 15.5. The van der Waals surface area contributed by atoms with Crippen LogP contribution in [0.25, 0.3) is 0 Å². The monoisotopic (exact) mass is 308 g/mol. The van der Waals surface area contributed by atoms with Crippen LogP contribution < -0.4 is 11.2 Å². The Morgan fingerprint density at radius 3 is 2.52 bits per heavy atom. The predicted octanol–water partition coefficient (Wildman–Crippen LogP) is 2.49. The van der Waals surface area contributed by atoms with Crippen molar-refractivity contribution in [2.75, 3.05) is 0 Å². The topological polar surface area (TPSA) is 64.1 Å². The quantitative estimate of drug-likeness (QED) is 0.863. The second-order valence-electron chi connectivity index (χ2n) is 5.01. The molecule has 0 saturated heterocycles. The standard InChI is InChI=1S/C15H17ClN2O3/c1-10(2)12-13(16)18(15(20)17-14(12)19)9-21-8-11-6-4-3-5-7-11/h3-7,10H,8-9H2,1-2H3,(H,17,19,20). The zero-order valence-corrected chi connectivity index (χ0v) is 12.7. The molecule has 1 aromatic carbocycles. The molecule has 1 heterocycles. The molecule has 112 valence electrons. The van der Waals surface area contributed by atoms with Crippen molar-refractivity contribution in [3.8, 4) is 0 Å². The summed E-state index contributed by atoms with van der Waals surface area (Å²) in [6, 6.07) is 9.60. The van der Waals surface area contributed by atoms with Crippen molar-refractivity contribution < 1.29 is 4.74 Å². The van der Waals surface area contributed by atoms with Gasteiger partial charge < -0.3 is 4.74 Å². The number of aromatic nitrogens is 2. The van der Waals surface area contributed by atoms with Gasteiger partial charge in [-0.3, -0.25) is 14.3 Å². The highest BCUT2D eigenvalue weighted by Gasteiger charge is 2.15. The summed E-state index contributed by atoms with van der Waals surface area (Å²) in [5.74, 6) is -0.0813. The lowest BCUT2D eigenvalue weighted by Gasteiger charge is -2.13. The van der Waals surface area contributed by atoms with E-state index in [-0.39, 0.29) is 17.8 Å². The first-order valence-electron chi connectivity index (χ1n) is 6.65. The fourth-order valence-electron chi connectivity index (χ4n) is 2.00. The summed E-state index contributed by atoms with van der Waals surface area (Å²) in [6.07, 6.45) is 0. The van der Waals surface area contributed by atoms with E-state index in [0.717, 1.165) is 5.56 Å². The largest absolute Gasteiger partial charge is 0.356 e. The van der Waals surface area contributed by atoms with Crippen LogP contribution in [0.4, 0.5) is 0 Å².